The lowest BCUT2D eigenvalue weighted by molar-refractivity contribution is 0.314. The molecule has 0 amide bonds. The molecule has 2 aromatic carbocycles. The van der Waals surface area contributed by atoms with E-state index < -0.39 is 10.0 Å². The number of para-hydroxylation sites is 1. The number of anilines is 1. The Balaban J connectivity index is 2.13. The molecule has 2 rings (SSSR count). The van der Waals surface area contributed by atoms with Crippen LogP contribution in [0.2, 0.25) is 0 Å². The third-order valence-electron chi connectivity index (χ3n) is 4.20. The minimum absolute atomic E-state index is 0.428. The van der Waals surface area contributed by atoms with Gasteiger partial charge in [-0.25, -0.2) is 13.4 Å². The topological polar surface area (TPSA) is 91.8 Å². The number of aryl methyl sites for hydroxylation is 1. The van der Waals surface area contributed by atoms with Gasteiger partial charge in [0.05, 0.1) is 25.1 Å². The van der Waals surface area contributed by atoms with Crippen molar-refractivity contribution in [3.05, 3.63) is 59.2 Å². The van der Waals surface area contributed by atoms with Crippen LogP contribution in [0.4, 0.5) is 5.69 Å². The smallest absolute Gasteiger partial charge is 0.229 e. The molecule has 2 aromatic rings. The van der Waals surface area contributed by atoms with E-state index in [2.05, 4.69) is 33.3 Å². The maximum Gasteiger partial charge on any atom is 0.229 e. The third-order valence-corrected chi connectivity index (χ3v) is 4.79. The van der Waals surface area contributed by atoms with E-state index in [1.165, 1.54) is 0 Å². The highest BCUT2D eigenvalue weighted by Crippen LogP contribution is 2.21. The predicted molar refractivity (Wildman–Crippen MR) is 124 cm³/mol. The van der Waals surface area contributed by atoms with Crippen LogP contribution in [0.15, 0.2) is 47.5 Å². The summed E-state index contributed by atoms with van der Waals surface area (Å²) in [6.07, 6.45) is 2.09. The van der Waals surface area contributed by atoms with Gasteiger partial charge in [0.25, 0.3) is 0 Å². The molecule has 7 nitrogen and oxygen atoms in total. The largest absolute Gasteiger partial charge is 0.493 e. The number of rotatable bonds is 10. The summed E-state index contributed by atoms with van der Waals surface area (Å²) in [4.78, 5) is 4.68. The molecule has 0 fully saturated rings. The summed E-state index contributed by atoms with van der Waals surface area (Å²) in [7, 11) is -3.35. The molecule has 30 heavy (non-hydrogen) atoms. The van der Waals surface area contributed by atoms with Crippen LogP contribution in [0.5, 0.6) is 5.75 Å². The number of sulfonamides is 1. The summed E-state index contributed by atoms with van der Waals surface area (Å²) >= 11 is 0. The molecule has 0 aliphatic heterocycles. The monoisotopic (exact) mass is 432 g/mol. The average molecular weight is 433 g/mol. The molecular weight excluding hydrogens is 400 g/mol. The second-order valence-electron chi connectivity index (χ2n) is 7.04. The van der Waals surface area contributed by atoms with Crippen LogP contribution in [-0.2, 0) is 23.1 Å². The van der Waals surface area contributed by atoms with Crippen LogP contribution < -0.4 is 20.1 Å². The number of hydrogen-bond acceptors (Lipinski definition) is 4. The number of nitrogens with zero attached hydrogens (tertiary/aromatic N) is 1. The Bertz CT molecular complexity index is 959. The van der Waals surface area contributed by atoms with Crippen LogP contribution in [0.3, 0.4) is 0 Å². The third kappa shape index (κ3) is 7.94. The fourth-order valence-corrected chi connectivity index (χ4v) is 3.40. The number of ether oxygens (including phenoxy) is 1. The van der Waals surface area contributed by atoms with Crippen LogP contribution in [0.25, 0.3) is 0 Å². The molecule has 0 bridgehead atoms. The number of benzene rings is 2. The quantitative estimate of drug-likeness (QED) is 0.395. The van der Waals surface area contributed by atoms with Gasteiger partial charge in [-0.2, -0.15) is 0 Å². The molecule has 0 aromatic heterocycles. The van der Waals surface area contributed by atoms with Gasteiger partial charge in [-0.05, 0) is 43.5 Å². The van der Waals surface area contributed by atoms with E-state index >= 15 is 0 Å². The molecule has 3 N–H and O–H groups in total. The van der Waals surface area contributed by atoms with E-state index in [1.54, 1.807) is 12.1 Å². The zero-order chi connectivity index (χ0) is 22.0. The number of aliphatic imine (C=N–C) groups is 1. The standard InChI is InChI=1S/C22H32N4O3S/c1-5-13-29-21-14-17(3)11-12-19(21)16-25-22(23-6-2)24-15-18-9-7-8-10-20(18)26-30(4,27)28/h7-12,14,26H,5-6,13,15-16H2,1-4H3,(H2,23,24,25). The molecule has 0 atom stereocenters. The van der Waals surface area contributed by atoms with E-state index in [1.807, 2.05) is 38.1 Å². The molecule has 0 saturated carbocycles. The summed E-state index contributed by atoms with van der Waals surface area (Å²) in [5, 5.41) is 6.49. The van der Waals surface area contributed by atoms with Gasteiger partial charge in [0.1, 0.15) is 5.75 Å². The van der Waals surface area contributed by atoms with E-state index in [4.69, 9.17) is 4.74 Å². The van der Waals surface area contributed by atoms with Gasteiger partial charge in [0.2, 0.25) is 10.0 Å². The highest BCUT2D eigenvalue weighted by Gasteiger charge is 2.08. The van der Waals surface area contributed by atoms with Crippen molar-refractivity contribution in [2.75, 3.05) is 24.1 Å². The van der Waals surface area contributed by atoms with Crippen molar-refractivity contribution < 1.29 is 13.2 Å². The van der Waals surface area contributed by atoms with Crippen molar-refractivity contribution in [1.82, 2.24) is 10.6 Å². The Morgan fingerprint density at radius 1 is 1.07 bits per heavy atom. The summed E-state index contributed by atoms with van der Waals surface area (Å²) in [6.45, 7) is 8.40. The highest BCUT2D eigenvalue weighted by molar-refractivity contribution is 7.92. The first-order valence-electron chi connectivity index (χ1n) is 10.1. The van der Waals surface area contributed by atoms with Gasteiger partial charge in [-0.1, -0.05) is 37.3 Å². The second-order valence-corrected chi connectivity index (χ2v) is 8.79. The SMILES string of the molecule is CCCOc1cc(C)ccc1CN=C(NCC)NCc1ccccc1NS(C)(=O)=O. The van der Waals surface area contributed by atoms with Crippen molar-refractivity contribution in [2.45, 2.75) is 40.3 Å². The van der Waals surface area contributed by atoms with Crippen molar-refractivity contribution in [2.24, 2.45) is 4.99 Å². The van der Waals surface area contributed by atoms with Crippen molar-refractivity contribution in [3.8, 4) is 5.75 Å². The van der Waals surface area contributed by atoms with Crippen LogP contribution in [0.1, 0.15) is 37.0 Å². The fraction of sp³-hybridized carbons (Fsp3) is 0.409. The Hall–Kier alpha value is -2.74. The van der Waals surface area contributed by atoms with Gasteiger partial charge >= 0.3 is 0 Å². The van der Waals surface area contributed by atoms with Gasteiger partial charge < -0.3 is 15.4 Å². The summed E-state index contributed by atoms with van der Waals surface area (Å²) in [5.74, 6) is 1.51. The molecule has 164 valence electrons. The molecule has 0 saturated heterocycles. The van der Waals surface area contributed by atoms with Crippen molar-refractivity contribution in [3.63, 3.8) is 0 Å². The maximum absolute atomic E-state index is 11.6. The summed E-state index contributed by atoms with van der Waals surface area (Å²) in [5.41, 5.74) is 3.55. The molecule has 0 radical (unpaired) electrons. The fourth-order valence-electron chi connectivity index (χ4n) is 2.80. The molecule has 0 heterocycles. The lowest BCUT2D eigenvalue weighted by Gasteiger charge is -2.15. The Morgan fingerprint density at radius 3 is 2.53 bits per heavy atom. The molecule has 0 aliphatic rings. The molecule has 0 unspecified atom stereocenters. The first-order valence-corrected chi connectivity index (χ1v) is 12.0. The predicted octanol–water partition coefficient (Wildman–Crippen LogP) is 3.41. The zero-order valence-electron chi connectivity index (χ0n) is 18.2. The van der Waals surface area contributed by atoms with E-state index in [0.717, 1.165) is 35.1 Å². The Morgan fingerprint density at radius 2 is 1.83 bits per heavy atom. The molecule has 0 aliphatic carbocycles. The van der Waals surface area contributed by atoms with Gasteiger partial charge in [-0.15, -0.1) is 0 Å². The second kappa shape index (κ2) is 11.4. The lowest BCUT2D eigenvalue weighted by Crippen LogP contribution is -2.37. The van der Waals surface area contributed by atoms with Gasteiger partial charge in [0.15, 0.2) is 5.96 Å². The van der Waals surface area contributed by atoms with Crippen LogP contribution in [-0.4, -0.2) is 33.8 Å². The molecular formula is C22H32N4O3S. The first kappa shape index (κ1) is 23.5. The molecule has 8 heteroatoms. The lowest BCUT2D eigenvalue weighted by atomic mass is 10.1. The van der Waals surface area contributed by atoms with Gasteiger partial charge in [0, 0.05) is 18.7 Å². The zero-order valence-corrected chi connectivity index (χ0v) is 19.0. The minimum Gasteiger partial charge on any atom is -0.493 e. The number of guanidine groups is 1. The molecule has 0 spiro atoms. The van der Waals surface area contributed by atoms with Crippen molar-refractivity contribution >= 4 is 21.7 Å². The summed E-state index contributed by atoms with van der Waals surface area (Å²) in [6, 6.07) is 13.4. The van der Waals surface area contributed by atoms with Crippen LogP contribution in [0, 0.1) is 6.92 Å². The average Bonchev–Trinajstić information content (AvgIpc) is 2.69. The first-order chi connectivity index (χ1) is 14.3. The minimum atomic E-state index is -3.35. The van der Waals surface area contributed by atoms with E-state index in [9.17, 15) is 8.42 Å². The Labute approximate surface area is 180 Å². The highest BCUT2D eigenvalue weighted by atomic mass is 32.2. The number of hydrogen-bond donors (Lipinski definition) is 3. The van der Waals surface area contributed by atoms with Gasteiger partial charge in [-0.3, -0.25) is 4.72 Å². The van der Waals surface area contributed by atoms with Crippen molar-refractivity contribution in [1.29, 1.82) is 0 Å². The number of nitrogens with one attached hydrogen (secondary N) is 3. The van der Waals surface area contributed by atoms with E-state index in [0.29, 0.717) is 37.9 Å². The summed E-state index contributed by atoms with van der Waals surface area (Å²) < 4.78 is 31.6. The van der Waals surface area contributed by atoms with E-state index in [-0.39, 0.29) is 0 Å². The normalized spacial score (nSPS) is 11.8. The maximum atomic E-state index is 11.6. The Kier molecular flexibility index (Phi) is 8.98. The van der Waals surface area contributed by atoms with Crippen LogP contribution >= 0.6 is 0 Å².